The van der Waals surface area contributed by atoms with E-state index in [2.05, 4.69) is 9.68 Å². The average Bonchev–Trinajstić information content (AvgIpc) is 2.52. The number of phenolic OH excluding ortho intramolecular Hbond substituents is 2. The molecular weight excluding hydrogens is 184 g/mol. The lowest BCUT2D eigenvalue weighted by Crippen LogP contribution is -1.85. The minimum Gasteiger partial charge on any atom is -0.507 e. The molecule has 0 saturated carbocycles. The Morgan fingerprint density at radius 2 is 1.86 bits per heavy atom. The molecule has 0 bridgehead atoms. The van der Waals surface area contributed by atoms with Crippen molar-refractivity contribution in [2.75, 3.05) is 5.73 Å². The van der Waals surface area contributed by atoms with E-state index in [1.807, 2.05) is 0 Å². The van der Waals surface area contributed by atoms with Crippen LogP contribution >= 0.6 is 0 Å². The van der Waals surface area contributed by atoms with E-state index < -0.39 is 0 Å². The molecule has 5 heteroatoms. The van der Waals surface area contributed by atoms with E-state index in [-0.39, 0.29) is 22.9 Å². The van der Waals surface area contributed by atoms with Crippen LogP contribution in [0.3, 0.4) is 0 Å². The molecule has 0 aliphatic rings. The first-order valence-electron chi connectivity index (χ1n) is 3.91. The number of rotatable bonds is 1. The summed E-state index contributed by atoms with van der Waals surface area (Å²) < 4.78 is 4.63. The summed E-state index contributed by atoms with van der Waals surface area (Å²) >= 11 is 0. The van der Waals surface area contributed by atoms with Crippen molar-refractivity contribution >= 4 is 5.88 Å². The first-order chi connectivity index (χ1) is 6.70. The minimum absolute atomic E-state index is 0.0572. The van der Waals surface area contributed by atoms with Crippen LogP contribution in [0.2, 0.25) is 0 Å². The quantitative estimate of drug-likeness (QED) is 0.633. The van der Waals surface area contributed by atoms with E-state index in [0.717, 1.165) is 0 Å². The monoisotopic (exact) mass is 192 g/mol. The summed E-state index contributed by atoms with van der Waals surface area (Å²) in [5, 5.41) is 22.5. The van der Waals surface area contributed by atoms with Crippen LogP contribution in [0.4, 0.5) is 5.88 Å². The number of hydrogen-bond acceptors (Lipinski definition) is 5. The number of nitrogens with two attached hydrogens (primary N) is 1. The maximum Gasteiger partial charge on any atom is 0.230 e. The average molecular weight is 192 g/mol. The molecule has 1 aromatic carbocycles. The van der Waals surface area contributed by atoms with Gasteiger partial charge in [-0.25, -0.2) is 0 Å². The van der Waals surface area contributed by atoms with Crippen molar-refractivity contribution in [2.24, 2.45) is 0 Å². The molecule has 14 heavy (non-hydrogen) atoms. The van der Waals surface area contributed by atoms with Crippen molar-refractivity contribution in [1.82, 2.24) is 5.16 Å². The maximum absolute atomic E-state index is 9.50. The molecule has 0 unspecified atom stereocenters. The summed E-state index contributed by atoms with van der Waals surface area (Å²) in [7, 11) is 0. The molecule has 0 fully saturated rings. The Hall–Kier alpha value is -2.17. The molecule has 2 aromatic rings. The zero-order valence-corrected chi connectivity index (χ0v) is 7.14. The highest BCUT2D eigenvalue weighted by molar-refractivity contribution is 5.81. The van der Waals surface area contributed by atoms with Crippen molar-refractivity contribution in [3.63, 3.8) is 0 Å². The summed E-state index contributed by atoms with van der Waals surface area (Å²) in [6.45, 7) is 0. The molecule has 2 rings (SSSR count). The van der Waals surface area contributed by atoms with Gasteiger partial charge in [-0.2, -0.15) is 0 Å². The Bertz CT molecular complexity index is 445. The number of nitrogens with zero attached hydrogens (tertiary/aromatic N) is 1. The maximum atomic E-state index is 9.50. The second-order valence-corrected chi connectivity index (χ2v) is 2.77. The number of anilines is 1. The van der Waals surface area contributed by atoms with Gasteiger partial charge in [0.1, 0.15) is 11.5 Å². The molecule has 0 radical (unpaired) electrons. The van der Waals surface area contributed by atoms with Gasteiger partial charge in [0, 0.05) is 0 Å². The molecular formula is C9H8N2O3. The van der Waals surface area contributed by atoms with E-state index in [9.17, 15) is 10.2 Å². The van der Waals surface area contributed by atoms with Crippen molar-refractivity contribution < 1.29 is 14.7 Å². The largest absolute Gasteiger partial charge is 0.507 e. The summed E-state index contributed by atoms with van der Waals surface area (Å²) in [5.74, 6) is -0.0819. The molecule has 0 aliphatic carbocycles. The van der Waals surface area contributed by atoms with Gasteiger partial charge in [0.2, 0.25) is 5.88 Å². The van der Waals surface area contributed by atoms with Crippen LogP contribution in [0, 0.1) is 0 Å². The highest BCUT2D eigenvalue weighted by Gasteiger charge is 2.15. The molecule has 1 aromatic heterocycles. The summed E-state index contributed by atoms with van der Waals surface area (Å²) in [6.07, 6.45) is 1.34. The molecule has 0 spiro atoms. The second kappa shape index (κ2) is 2.95. The zero-order chi connectivity index (χ0) is 10.1. The zero-order valence-electron chi connectivity index (χ0n) is 7.14. The fourth-order valence-electron chi connectivity index (χ4n) is 1.24. The standard InChI is InChI=1S/C9H8N2O3/c10-9-5(4-11-14-9)8-6(12)2-1-3-7(8)13/h1-4,12-13H,10H2. The van der Waals surface area contributed by atoms with Crippen LogP contribution in [0.15, 0.2) is 28.9 Å². The van der Waals surface area contributed by atoms with Gasteiger partial charge in [-0.1, -0.05) is 11.2 Å². The third-order valence-electron chi connectivity index (χ3n) is 1.89. The summed E-state index contributed by atoms with van der Waals surface area (Å²) in [6, 6.07) is 4.42. The van der Waals surface area contributed by atoms with E-state index in [4.69, 9.17) is 5.73 Å². The normalized spacial score (nSPS) is 10.3. The molecule has 72 valence electrons. The Kier molecular flexibility index (Phi) is 1.78. The lowest BCUT2D eigenvalue weighted by Gasteiger charge is -2.03. The smallest absolute Gasteiger partial charge is 0.230 e. The third-order valence-corrected chi connectivity index (χ3v) is 1.89. The summed E-state index contributed by atoms with van der Waals surface area (Å²) in [4.78, 5) is 0. The van der Waals surface area contributed by atoms with E-state index in [1.165, 1.54) is 24.4 Å². The highest BCUT2D eigenvalue weighted by atomic mass is 16.5. The van der Waals surface area contributed by atoms with Crippen molar-refractivity contribution in [3.8, 4) is 22.6 Å². The fraction of sp³-hybridized carbons (Fsp3) is 0. The van der Waals surface area contributed by atoms with Gasteiger partial charge in [0.15, 0.2) is 0 Å². The minimum atomic E-state index is -0.0695. The van der Waals surface area contributed by atoms with Crippen molar-refractivity contribution in [3.05, 3.63) is 24.4 Å². The Morgan fingerprint density at radius 1 is 1.21 bits per heavy atom. The van der Waals surface area contributed by atoms with Gasteiger partial charge in [-0.15, -0.1) is 0 Å². The lowest BCUT2D eigenvalue weighted by atomic mass is 10.1. The van der Waals surface area contributed by atoms with Gasteiger partial charge in [0.25, 0.3) is 0 Å². The van der Waals surface area contributed by atoms with Gasteiger partial charge < -0.3 is 20.5 Å². The number of hydrogen-bond donors (Lipinski definition) is 3. The first kappa shape index (κ1) is 8.43. The first-order valence-corrected chi connectivity index (χ1v) is 3.91. The number of nitrogen functional groups attached to an aromatic ring is 1. The Labute approximate surface area is 79.4 Å². The Balaban J connectivity index is 2.68. The molecule has 0 amide bonds. The second-order valence-electron chi connectivity index (χ2n) is 2.77. The Morgan fingerprint density at radius 3 is 2.36 bits per heavy atom. The summed E-state index contributed by atoms with van der Waals surface area (Å²) in [5.41, 5.74) is 6.06. The molecule has 0 saturated heterocycles. The van der Waals surface area contributed by atoms with Crippen molar-refractivity contribution in [1.29, 1.82) is 0 Å². The van der Waals surface area contributed by atoms with Gasteiger partial charge >= 0.3 is 0 Å². The molecule has 5 nitrogen and oxygen atoms in total. The lowest BCUT2D eigenvalue weighted by molar-refractivity contribution is 0.436. The SMILES string of the molecule is Nc1oncc1-c1c(O)cccc1O. The van der Waals surface area contributed by atoms with Gasteiger partial charge in [0.05, 0.1) is 17.3 Å². The number of aromatic nitrogens is 1. The molecule has 0 aliphatic heterocycles. The van der Waals surface area contributed by atoms with Gasteiger partial charge in [-0.05, 0) is 12.1 Å². The van der Waals surface area contributed by atoms with E-state index in [1.54, 1.807) is 0 Å². The van der Waals surface area contributed by atoms with Crippen LogP contribution in [0.1, 0.15) is 0 Å². The molecule has 0 atom stereocenters. The topological polar surface area (TPSA) is 92.5 Å². The van der Waals surface area contributed by atoms with Crippen LogP contribution in [0.25, 0.3) is 11.1 Å². The highest BCUT2D eigenvalue weighted by Crippen LogP contribution is 2.39. The molecule has 1 heterocycles. The predicted molar refractivity (Wildman–Crippen MR) is 49.7 cm³/mol. The van der Waals surface area contributed by atoms with Crippen LogP contribution in [-0.4, -0.2) is 15.4 Å². The third kappa shape index (κ3) is 1.15. The van der Waals surface area contributed by atoms with Crippen LogP contribution in [-0.2, 0) is 0 Å². The van der Waals surface area contributed by atoms with Gasteiger partial charge in [-0.3, -0.25) is 0 Å². The number of benzene rings is 1. The predicted octanol–water partition coefficient (Wildman–Crippen LogP) is 1.33. The number of aromatic hydroxyl groups is 2. The molecule has 4 N–H and O–H groups in total. The van der Waals surface area contributed by atoms with Crippen LogP contribution < -0.4 is 5.73 Å². The number of phenols is 2. The van der Waals surface area contributed by atoms with E-state index in [0.29, 0.717) is 5.56 Å². The van der Waals surface area contributed by atoms with Crippen molar-refractivity contribution in [2.45, 2.75) is 0 Å². The van der Waals surface area contributed by atoms with E-state index >= 15 is 0 Å². The van der Waals surface area contributed by atoms with Crippen LogP contribution in [0.5, 0.6) is 11.5 Å². The fourth-order valence-corrected chi connectivity index (χ4v) is 1.24.